The molecular weight excluding hydrogens is 545 g/mol. The number of amides is 2. The quantitative estimate of drug-likeness (QED) is 0.0938. The van der Waals surface area contributed by atoms with Crippen LogP contribution < -0.4 is 21.1 Å². The molecule has 2 amide bonds. The molecule has 0 aliphatic rings. The number of carbonyl (C=O) groups is 2. The van der Waals surface area contributed by atoms with Crippen LogP contribution in [-0.2, 0) is 9.53 Å². The summed E-state index contributed by atoms with van der Waals surface area (Å²) >= 11 is 1.56. The fourth-order valence-corrected chi connectivity index (χ4v) is 4.20. The van der Waals surface area contributed by atoms with Crippen molar-refractivity contribution >= 4 is 40.8 Å². The van der Waals surface area contributed by atoms with Crippen LogP contribution >= 0.6 is 11.8 Å². The van der Waals surface area contributed by atoms with Gasteiger partial charge in [-0.15, -0.1) is 11.8 Å². The van der Waals surface area contributed by atoms with E-state index in [1.165, 1.54) is 18.2 Å². The molecule has 0 radical (unpaired) electrons. The first-order chi connectivity index (χ1) is 19.8. The third-order valence-corrected chi connectivity index (χ3v) is 6.58. The topological polar surface area (TPSA) is 123 Å². The smallest absolute Gasteiger partial charge is 0.412 e. The van der Waals surface area contributed by atoms with E-state index in [9.17, 15) is 19.1 Å². The molecular formula is C31H28FN3O5S. The minimum absolute atomic E-state index is 0.187. The Morgan fingerprint density at radius 2 is 1.66 bits per heavy atom. The first-order valence-electron chi connectivity index (χ1n) is 12.5. The van der Waals surface area contributed by atoms with E-state index < -0.39 is 35.8 Å². The van der Waals surface area contributed by atoms with Gasteiger partial charge in [0, 0.05) is 16.7 Å². The van der Waals surface area contributed by atoms with Crippen LogP contribution in [0.5, 0.6) is 11.5 Å². The minimum atomic E-state index is -1.23. The normalized spacial score (nSPS) is 12.3. The summed E-state index contributed by atoms with van der Waals surface area (Å²) in [6.07, 6.45) is 1.39. The van der Waals surface area contributed by atoms with Crippen molar-refractivity contribution in [3.8, 4) is 11.5 Å². The van der Waals surface area contributed by atoms with Crippen molar-refractivity contribution in [2.24, 2.45) is 0 Å². The Morgan fingerprint density at radius 1 is 0.951 bits per heavy atom. The van der Waals surface area contributed by atoms with Crippen molar-refractivity contribution in [3.05, 3.63) is 121 Å². The fourth-order valence-electron chi connectivity index (χ4n) is 3.79. The Morgan fingerprint density at radius 3 is 2.34 bits per heavy atom. The van der Waals surface area contributed by atoms with Crippen LogP contribution in [0.25, 0.3) is 0 Å². The molecule has 0 saturated heterocycles. The van der Waals surface area contributed by atoms with Crippen LogP contribution in [0.15, 0.2) is 114 Å². The lowest BCUT2D eigenvalue weighted by Gasteiger charge is -2.26. The molecule has 41 heavy (non-hydrogen) atoms. The first-order valence-corrected chi connectivity index (χ1v) is 13.7. The summed E-state index contributed by atoms with van der Waals surface area (Å²) < 4.78 is 26.3. The SMILES string of the molecule is CSc1ccc(NC(=O)O[C@@H](c2ccc(O)c(F)c2)[C@H](/C=C/C(=O)Nc2ccccc2N)Oc2ccccc2)cc1. The number of phenolic OH excluding ortho intramolecular Hbond substituents is 1. The average Bonchev–Trinajstić information content (AvgIpc) is 2.98. The zero-order valence-electron chi connectivity index (χ0n) is 22.0. The van der Waals surface area contributed by atoms with Crippen molar-refractivity contribution in [2.75, 3.05) is 22.6 Å². The second-order valence-electron chi connectivity index (χ2n) is 8.72. The molecule has 2 atom stereocenters. The Hall–Kier alpha value is -4.96. The lowest BCUT2D eigenvalue weighted by molar-refractivity contribution is -0.112. The van der Waals surface area contributed by atoms with E-state index in [2.05, 4.69) is 10.6 Å². The molecule has 4 rings (SSSR count). The number of benzene rings is 4. The van der Waals surface area contributed by atoms with Gasteiger partial charge in [-0.25, -0.2) is 9.18 Å². The third kappa shape index (κ3) is 8.26. The van der Waals surface area contributed by atoms with Crippen molar-refractivity contribution in [1.29, 1.82) is 0 Å². The molecule has 4 aromatic rings. The van der Waals surface area contributed by atoms with Crippen LogP contribution in [0.4, 0.5) is 26.2 Å². The summed E-state index contributed by atoms with van der Waals surface area (Å²) in [5, 5.41) is 15.1. The van der Waals surface area contributed by atoms with Gasteiger partial charge in [-0.05, 0) is 78.6 Å². The number of ether oxygens (including phenoxy) is 2. The highest BCUT2D eigenvalue weighted by Gasteiger charge is 2.29. The van der Waals surface area contributed by atoms with Crippen LogP contribution in [-0.4, -0.2) is 29.5 Å². The molecule has 0 aliphatic heterocycles. The molecule has 0 aliphatic carbocycles. The van der Waals surface area contributed by atoms with E-state index in [-0.39, 0.29) is 5.56 Å². The highest BCUT2D eigenvalue weighted by Crippen LogP contribution is 2.30. The van der Waals surface area contributed by atoms with Gasteiger partial charge in [0.1, 0.15) is 5.75 Å². The van der Waals surface area contributed by atoms with Gasteiger partial charge in [0.05, 0.1) is 11.4 Å². The van der Waals surface area contributed by atoms with Crippen LogP contribution in [0.3, 0.4) is 0 Å². The maximum Gasteiger partial charge on any atom is 0.412 e. The van der Waals surface area contributed by atoms with E-state index in [1.54, 1.807) is 78.5 Å². The molecule has 8 nitrogen and oxygen atoms in total. The summed E-state index contributed by atoms with van der Waals surface area (Å²) in [5.74, 6) is -1.58. The third-order valence-electron chi connectivity index (χ3n) is 5.84. The summed E-state index contributed by atoms with van der Waals surface area (Å²) in [6, 6.07) is 26.2. The number of rotatable bonds is 10. The number of para-hydroxylation sites is 3. The molecule has 0 fully saturated rings. The second-order valence-corrected chi connectivity index (χ2v) is 9.60. The van der Waals surface area contributed by atoms with Crippen molar-refractivity contribution in [2.45, 2.75) is 17.1 Å². The number of phenols is 1. The van der Waals surface area contributed by atoms with Crippen LogP contribution in [0, 0.1) is 5.82 Å². The second kappa shape index (κ2) is 13.9. The molecule has 4 aromatic carbocycles. The van der Waals surface area contributed by atoms with Crippen molar-refractivity contribution in [3.63, 3.8) is 0 Å². The lowest BCUT2D eigenvalue weighted by Crippen LogP contribution is -2.30. The molecule has 0 bridgehead atoms. The van der Waals surface area contributed by atoms with E-state index >= 15 is 0 Å². The van der Waals surface area contributed by atoms with E-state index in [1.807, 2.05) is 18.4 Å². The zero-order valence-corrected chi connectivity index (χ0v) is 22.8. The molecule has 0 heterocycles. The number of nitrogens with one attached hydrogen (secondary N) is 2. The van der Waals surface area contributed by atoms with Gasteiger partial charge in [-0.2, -0.15) is 0 Å². The summed E-state index contributed by atoms with van der Waals surface area (Å²) in [5.41, 5.74) is 7.40. The van der Waals surface area contributed by atoms with Gasteiger partial charge in [0.2, 0.25) is 5.91 Å². The fraction of sp³-hybridized carbons (Fsp3) is 0.0968. The standard InChI is InChI=1S/C31H28FN3O5S/c1-41-23-14-12-21(13-15-23)34-31(38)40-30(20-11-16-27(36)24(32)19-20)28(39-22-7-3-2-4-8-22)17-18-29(37)35-26-10-6-5-9-25(26)33/h2-19,28,30,36H,33H2,1H3,(H,34,38)(H,35,37)/b18-17+/t28-,30-/m0/s1. The van der Waals surface area contributed by atoms with Crippen molar-refractivity contribution in [1.82, 2.24) is 0 Å². The van der Waals surface area contributed by atoms with Gasteiger partial charge >= 0.3 is 6.09 Å². The highest BCUT2D eigenvalue weighted by molar-refractivity contribution is 7.98. The largest absolute Gasteiger partial charge is 0.505 e. The summed E-state index contributed by atoms with van der Waals surface area (Å²) in [4.78, 5) is 26.8. The molecule has 5 N–H and O–H groups in total. The Labute approximate surface area is 241 Å². The maximum absolute atomic E-state index is 14.4. The molecule has 0 saturated carbocycles. The predicted molar refractivity (Wildman–Crippen MR) is 159 cm³/mol. The van der Waals surface area contributed by atoms with E-state index in [4.69, 9.17) is 15.2 Å². The van der Waals surface area contributed by atoms with Crippen molar-refractivity contribution < 1.29 is 28.6 Å². The number of nitrogen functional groups attached to an aromatic ring is 1. The van der Waals surface area contributed by atoms with Crippen LogP contribution in [0.2, 0.25) is 0 Å². The van der Waals surface area contributed by atoms with Gasteiger partial charge in [-0.3, -0.25) is 10.1 Å². The van der Waals surface area contributed by atoms with Gasteiger partial charge in [0.25, 0.3) is 0 Å². The summed E-state index contributed by atoms with van der Waals surface area (Å²) in [7, 11) is 0. The maximum atomic E-state index is 14.4. The molecule has 0 spiro atoms. The number of thioether (sulfide) groups is 1. The molecule has 0 unspecified atom stereocenters. The number of carbonyl (C=O) groups excluding carboxylic acids is 2. The number of nitrogens with two attached hydrogens (primary N) is 1. The molecule has 0 aromatic heterocycles. The lowest BCUT2D eigenvalue weighted by atomic mass is 10.0. The van der Waals surface area contributed by atoms with Gasteiger partial charge in [-0.1, -0.05) is 36.4 Å². The monoisotopic (exact) mass is 573 g/mol. The van der Waals surface area contributed by atoms with E-state index in [0.717, 1.165) is 17.0 Å². The number of aromatic hydroxyl groups is 1. The Balaban J connectivity index is 1.64. The Kier molecular flexibility index (Phi) is 9.85. The van der Waals surface area contributed by atoms with Gasteiger partial charge in [0.15, 0.2) is 23.8 Å². The number of hydrogen-bond acceptors (Lipinski definition) is 7. The minimum Gasteiger partial charge on any atom is -0.505 e. The molecule has 210 valence electrons. The molecule has 10 heteroatoms. The van der Waals surface area contributed by atoms with Gasteiger partial charge < -0.3 is 25.6 Å². The summed E-state index contributed by atoms with van der Waals surface area (Å²) in [6.45, 7) is 0. The average molecular weight is 574 g/mol. The predicted octanol–water partition coefficient (Wildman–Crippen LogP) is 6.77. The van der Waals surface area contributed by atoms with Crippen LogP contribution in [0.1, 0.15) is 11.7 Å². The number of hydrogen-bond donors (Lipinski definition) is 4. The number of anilines is 3. The zero-order chi connectivity index (χ0) is 29.2. The highest BCUT2D eigenvalue weighted by atomic mass is 32.2. The first kappa shape index (κ1) is 29.0. The Bertz CT molecular complexity index is 1520. The van der Waals surface area contributed by atoms with E-state index in [0.29, 0.717) is 22.8 Å². The number of halogens is 1.